The Morgan fingerprint density at radius 3 is 2.91 bits per heavy atom. The first-order chi connectivity index (χ1) is 10.7. The Morgan fingerprint density at radius 2 is 2.18 bits per heavy atom. The summed E-state index contributed by atoms with van der Waals surface area (Å²) in [6, 6.07) is 1.62. The first-order valence-corrected chi connectivity index (χ1v) is 7.66. The lowest BCUT2D eigenvalue weighted by molar-refractivity contribution is -0.139. The Balaban J connectivity index is 1.51. The SMILES string of the molecule is O=C(O)[C@@H]1CC2(CCN(c3ncnc4[nH]ccc34)CC2)CN1. The van der Waals surface area contributed by atoms with E-state index in [1.807, 2.05) is 12.3 Å². The highest BCUT2D eigenvalue weighted by molar-refractivity contribution is 5.87. The van der Waals surface area contributed by atoms with Crippen LogP contribution in [0.25, 0.3) is 11.0 Å². The van der Waals surface area contributed by atoms with Gasteiger partial charge in [0.2, 0.25) is 0 Å². The molecule has 7 heteroatoms. The summed E-state index contributed by atoms with van der Waals surface area (Å²) in [6.07, 6.45) is 6.21. The molecule has 0 saturated carbocycles. The standard InChI is InChI=1S/C15H19N5O2/c21-14(22)11-7-15(8-17-11)2-5-20(6-3-15)13-10-1-4-16-12(10)18-9-19-13/h1,4,9,11,17H,2-3,5-8H2,(H,21,22)(H,16,18,19)/t11-/m0/s1. The van der Waals surface area contributed by atoms with Crippen LogP contribution in [0.15, 0.2) is 18.6 Å². The van der Waals surface area contributed by atoms with Gasteiger partial charge in [0.1, 0.15) is 23.8 Å². The maximum absolute atomic E-state index is 11.1. The number of aliphatic carboxylic acids is 1. The number of anilines is 1. The zero-order chi connectivity index (χ0) is 15.2. The fourth-order valence-electron chi connectivity index (χ4n) is 3.78. The van der Waals surface area contributed by atoms with Crippen LogP contribution < -0.4 is 10.2 Å². The number of carboxylic acids is 1. The number of aromatic amines is 1. The minimum Gasteiger partial charge on any atom is -0.480 e. The van der Waals surface area contributed by atoms with Crippen LogP contribution in [0.2, 0.25) is 0 Å². The number of nitrogens with one attached hydrogen (secondary N) is 2. The van der Waals surface area contributed by atoms with Crippen LogP contribution in [-0.4, -0.2) is 51.7 Å². The lowest BCUT2D eigenvalue weighted by Gasteiger charge is -2.39. The zero-order valence-corrected chi connectivity index (χ0v) is 12.2. The molecule has 0 radical (unpaired) electrons. The fourth-order valence-corrected chi connectivity index (χ4v) is 3.78. The number of carbonyl (C=O) groups is 1. The Labute approximate surface area is 127 Å². The van der Waals surface area contributed by atoms with Crippen molar-refractivity contribution < 1.29 is 9.90 Å². The van der Waals surface area contributed by atoms with Gasteiger partial charge < -0.3 is 20.3 Å². The molecule has 1 atom stereocenters. The van der Waals surface area contributed by atoms with Gasteiger partial charge in [-0.05, 0) is 30.7 Å². The van der Waals surface area contributed by atoms with Crippen molar-refractivity contribution in [1.29, 1.82) is 0 Å². The molecule has 2 aromatic rings. The van der Waals surface area contributed by atoms with E-state index in [1.54, 1.807) is 6.33 Å². The maximum atomic E-state index is 11.1. The second kappa shape index (κ2) is 4.95. The van der Waals surface area contributed by atoms with Gasteiger partial charge in [0, 0.05) is 25.8 Å². The van der Waals surface area contributed by atoms with Crippen LogP contribution in [0, 0.1) is 5.41 Å². The summed E-state index contributed by atoms with van der Waals surface area (Å²) in [5.74, 6) is 0.242. The quantitative estimate of drug-likeness (QED) is 0.766. The number of piperidine rings is 1. The molecule has 7 nitrogen and oxygen atoms in total. The molecule has 0 bridgehead atoms. The lowest BCUT2D eigenvalue weighted by Crippen LogP contribution is -2.41. The van der Waals surface area contributed by atoms with E-state index in [-0.39, 0.29) is 11.5 Å². The molecule has 2 fully saturated rings. The van der Waals surface area contributed by atoms with Crippen molar-refractivity contribution in [2.45, 2.75) is 25.3 Å². The van der Waals surface area contributed by atoms with Crippen LogP contribution in [0.3, 0.4) is 0 Å². The van der Waals surface area contributed by atoms with E-state index in [9.17, 15) is 4.79 Å². The van der Waals surface area contributed by atoms with E-state index in [2.05, 4.69) is 25.2 Å². The molecule has 116 valence electrons. The maximum Gasteiger partial charge on any atom is 0.320 e. The number of hydrogen-bond acceptors (Lipinski definition) is 5. The lowest BCUT2D eigenvalue weighted by atomic mass is 9.76. The van der Waals surface area contributed by atoms with Crippen LogP contribution in [0.4, 0.5) is 5.82 Å². The molecular formula is C15H19N5O2. The summed E-state index contributed by atoms with van der Waals surface area (Å²) in [5, 5.41) is 13.4. The number of carboxylic acid groups (broad SMARTS) is 1. The first kappa shape index (κ1) is 13.5. The molecule has 2 aliphatic heterocycles. The monoisotopic (exact) mass is 301 g/mol. The Bertz CT molecular complexity index is 705. The smallest absolute Gasteiger partial charge is 0.320 e. The van der Waals surface area contributed by atoms with Crippen molar-refractivity contribution in [3.8, 4) is 0 Å². The van der Waals surface area contributed by atoms with Crippen LogP contribution in [0.5, 0.6) is 0 Å². The molecule has 22 heavy (non-hydrogen) atoms. The fraction of sp³-hybridized carbons (Fsp3) is 0.533. The van der Waals surface area contributed by atoms with Crippen molar-refractivity contribution in [2.75, 3.05) is 24.5 Å². The molecule has 3 N–H and O–H groups in total. The van der Waals surface area contributed by atoms with Crippen molar-refractivity contribution in [2.24, 2.45) is 5.41 Å². The predicted octanol–water partition coefficient (Wildman–Crippen LogP) is 0.991. The van der Waals surface area contributed by atoms with Gasteiger partial charge in [0.05, 0.1) is 5.39 Å². The molecule has 0 unspecified atom stereocenters. The van der Waals surface area contributed by atoms with Crippen molar-refractivity contribution in [1.82, 2.24) is 20.3 Å². The molecule has 0 aliphatic carbocycles. The van der Waals surface area contributed by atoms with Gasteiger partial charge in [-0.25, -0.2) is 9.97 Å². The summed E-state index contributed by atoms with van der Waals surface area (Å²) in [6.45, 7) is 2.62. The Hall–Kier alpha value is -2.15. The van der Waals surface area contributed by atoms with Gasteiger partial charge in [0.25, 0.3) is 0 Å². The van der Waals surface area contributed by atoms with Gasteiger partial charge in [0.15, 0.2) is 0 Å². The summed E-state index contributed by atoms with van der Waals surface area (Å²) >= 11 is 0. The highest BCUT2D eigenvalue weighted by Gasteiger charge is 2.43. The van der Waals surface area contributed by atoms with Crippen molar-refractivity contribution >= 4 is 22.8 Å². The third kappa shape index (κ3) is 2.12. The Kier molecular flexibility index (Phi) is 3.04. The van der Waals surface area contributed by atoms with E-state index in [0.717, 1.165) is 55.7 Å². The predicted molar refractivity (Wildman–Crippen MR) is 81.8 cm³/mol. The summed E-state index contributed by atoms with van der Waals surface area (Å²) in [5.41, 5.74) is 0.989. The molecular weight excluding hydrogens is 282 g/mol. The molecule has 0 amide bonds. The van der Waals surface area contributed by atoms with Crippen LogP contribution in [-0.2, 0) is 4.79 Å². The van der Waals surface area contributed by atoms with E-state index >= 15 is 0 Å². The average molecular weight is 301 g/mol. The summed E-state index contributed by atoms with van der Waals surface area (Å²) in [7, 11) is 0. The first-order valence-electron chi connectivity index (χ1n) is 7.66. The van der Waals surface area contributed by atoms with Gasteiger partial charge >= 0.3 is 5.97 Å². The van der Waals surface area contributed by atoms with Crippen LogP contribution in [0.1, 0.15) is 19.3 Å². The number of fused-ring (bicyclic) bond motifs is 1. The number of H-pyrrole nitrogens is 1. The molecule has 2 saturated heterocycles. The molecule has 4 rings (SSSR count). The highest BCUT2D eigenvalue weighted by Crippen LogP contribution is 2.40. The molecule has 0 aromatic carbocycles. The van der Waals surface area contributed by atoms with Crippen molar-refractivity contribution in [3.05, 3.63) is 18.6 Å². The van der Waals surface area contributed by atoms with Gasteiger partial charge in [-0.1, -0.05) is 0 Å². The van der Waals surface area contributed by atoms with Gasteiger partial charge in [-0.15, -0.1) is 0 Å². The topological polar surface area (TPSA) is 94.1 Å². The number of nitrogens with zero attached hydrogens (tertiary/aromatic N) is 3. The van der Waals surface area contributed by atoms with E-state index < -0.39 is 5.97 Å². The Morgan fingerprint density at radius 1 is 1.36 bits per heavy atom. The van der Waals surface area contributed by atoms with E-state index in [4.69, 9.17) is 5.11 Å². The number of rotatable bonds is 2. The van der Waals surface area contributed by atoms with E-state index in [0.29, 0.717) is 0 Å². The zero-order valence-electron chi connectivity index (χ0n) is 12.2. The third-order valence-electron chi connectivity index (χ3n) is 5.12. The average Bonchev–Trinajstić information content (AvgIpc) is 3.15. The molecule has 2 aromatic heterocycles. The minimum absolute atomic E-state index is 0.129. The highest BCUT2D eigenvalue weighted by atomic mass is 16.4. The number of hydrogen-bond donors (Lipinski definition) is 3. The third-order valence-corrected chi connectivity index (χ3v) is 5.12. The van der Waals surface area contributed by atoms with Crippen molar-refractivity contribution in [3.63, 3.8) is 0 Å². The van der Waals surface area contributed by atoms with Gasteiger partial charge in [-0.3, -0.25) is 4.79 Å². The van der Waals surface area contributed by atoms with Gasteiger partial charge in [-0.2, -0.15) is 0 Å². The molecule has 4 heterocycles. The summed E-state index contributed by atoms with van der Waals surface area (Å²) in [4.78, 5) is 25.2. The van der Waals surface area contributed by atoms with Crippen LogP contribution >= 0.6 is 0 Å². The van der Waals surface area contributed by atoms with E-state index in [1.165, 1.54) is 0 Å². The second-order valence-corrected chi connectivity index (χ2v) is 6.40. The number of aromatic nitrogens is 3. The summed E-state index contributed by atoms with van der Waals surface area (Å²) < 4.78 is 0. The molecule has 1 spiro atoms. The largest absolute Gasteiger partial charge is 0.480 e. The molecule has 2 aliphatic rings. The second-order valence-electron chi connectivity index (χ2n) is 6.40. The minimum atomic E-state index is -0.732. The normalized spacial score (nSPS) is 24.2.